The third-order valence-electron chi connectivity index (χ3n) is 11.9. The molecule has 2 aliphatic carbocycles. The fraction of sp³-hybridized carbons (Fsp3) is 0.556. The number of ketones is 1. The quantitative estimate of drug-likeness (QED) is 0.178. The average molecular weight is 816 g/mol. The topological polar surface area (TPSA) is 155 Å². The monoisotopic (exact) mass is 815 g/mol. The highest BCUT2D eigenvalue weighted by Gasteiger charge is 2.55. The molecule has 2 aromatic carbocycles. The number of Topliss-reactive ketones (excluding diaryl/α,β-unsaturated/α-hetero) is 1. The molecule has 4 amide bonds. The number of benzene rings is 2. The molecule has 0 radical (unpaired) electrons. The van der Waals surface area contributed by atoms with Crippen molar-refractivity contribution in [3.8, 4) is 5.75 Å². The number of likely N-dealkylation sites (tertiary alicyclic amines) is 1. The SMILES string of the molecule is CCC[C@H](NC(=O)[C@@H]1C[C@]2(CC(c3cccc(Cl)c3)=NO2)CN1C(=O)[C@@H](NC(=O)CC1CCCCC1)C(C)(C)C)C(=O)C(=O)NCCC1=CCc2ccc(OC)cc21. The summed E-state index contributed by atoms with van der Waals surface area (Å²) < 4.78 is 5.39. The van der Waals surface area contributed by atoms with E-state index in [4.69, 9.17) is 21.2 Å². The average Bonchev–Trinajstić information content (AvgIpc) is 3.92. The molecule has 0 unspecified atom stereocenters. The number of hydrogen-bond donors (Lipinski definition) is 3. The van der Waals surface area contributed by atoms with Crippen LogP contribution in [0.3, 0.4) is 0 Å². The van der Waals surface area contributed by atoms with Crippen LogP contribution in [0.2, 0.25) is 5.02 Å². The van der Waals surface area contributed by atoms with Gasteiger partial charge in [0.1, 0.15) is 17.8 Å². The fourth-order valence-electron chi connectivity index (χ4n) is 8.76. The lowest BCUT2D eigenvalue weighted by Gasteiger charge is -2.36. The molecule has 58 heavy (non-hydrogen) atoms. The van der Waals surface area contributed by atoms with Crippen LogP contribution in [0.5, 0.6) is 5.75 Å². The molecular formula is C45H58ClN5O7. The Morgan fingerprint density at radius 1 is 1.05 bits per heavy atom. The van der Waals surface area contributed by atoms with Gasteiger partial charge >= 0.3 is 0 Å². The summed E-state index contributed by atoms with van der Waals surface area (Å²) in [5.41, 5.74) is 2.98. The highest BCUT2D eigenvalue weighted by atomic mass is 35.5. The Morgan fingerprint density at radius 3 is 2.53 bits per heavy atom. The van der Waals surface area contributed by atoms with Gasteiger partial charge < -0.3 is 30.4 Å². The van der Waals surface area contributed by atoms with Crippen LogP contribution in [0.4, 0.5) is 0 Å². The fourth-order valence-corrected chi connectivity index (χ4v) is 8.95. The molecule has 2 aliphatic heterocycles. The predicted octanol–water partition coefficient (Wildman–Crippen LogP) is 6.31. The minimum atomic E-state index is -1.11. The maximum atomic E-state index is 14.7. The van der Waals surface area contributed by atoms with Crippen molar-refractivity contribution in [1.29, 1.82) is 0 Å². The lowest BCUT2D eigenvalue weighted by Crippen LogP contribution is -2.59. The molecule has 2 heterocycles. The minimum Gasteiger partial charge on any atom is -0.497 e. The molecule has 0 bridgehead atoms. The first-order valence-electron chi connectivity index (χ1n) is 20.8. The predicted molar refractivity (Wildman–Crippen MR) is 223 cm³/mol. The minimum absolute atomic E-state index is 0.0281. The second-order valence-corrected chi connectivity index (χ2v) is 17.9. The van der Waals surface area contributed by atoms with Crippen molar-refractivity contribution in [3.05, 3.63) is 70.3 Å². The summed E-state index contributed by atoms with van der Waals surface area (Å²) in [6, 6.07) is 10.1. The highest BCUT2D eigenvalue weighted by Crippen LogP contribution is 2.40. The number of fused-ring (bicyclic) bond motifs is 1. The van der Waals surface area contributed by atoms with Crippen molar-refractivity contribution >= 4 is 52.3 Å². The van der Waals surface area contributed by atoms with Crippen LogP contribution in [0, 0.1) is 11.3 Å². The number of rotatable bonds is 15. The molecule has 13 heteroatoms. The van der Waals surface area contributed by atoms with Gasteiger partial charge in [0, 0.05) is 36.4 Å². The number of carbonyl (C=O) groups excluding carboxylic acids is 5. The zero-order chi connectivity index (χ0) is 41.6. The maximum Gasteiger partial charge on any atom is 0.289 e. The molecule has 0 aromatic heterocycles. The zero-order valence-electron chi connectivity index (χ0n) is 34.5. The highest BCUT2D eigenvalue weighted by molar-refractivity contribution is 6.38. The van der Waals surface area contributed by atoms with Gasteiger partial charge in [-0.1, -0.05) is 94.4 Å². The van der Waals surface area contributed by atoms with E-state index in [1.165, 1.54) is 16.9 Å². The third-order valence-corrected chi connectivity index (χ3v) is 12.2. The van der Waals surface area contributed by atoms with E-state index >= 15 is 0 Å². The molecular weight excluding hydrogens is 758 g/mol. The summed E-state index contributed by atoms with van der Waals surface area (Å²) in [4.78, 5) is 77.2. The zero-order valence-corrected chi connectivity index (χ0v) is 35.2. The van der Waals surface area contributed by atoms with Crippen molar-refractivity contribution in [2.75, 3.05) is 20.2 Å². The van der Waals surface area contributed by atoms with E-state index in [9.17, 15) is 24.0 Å². The van der Waals surface area contributed by atoms with Gasteiger partial charge in [0.05, 0.1) is 25.4 Å². The van der Waals surface area contributed by atoms with Gasteiger partial charge in [-0.3, -0.25) is 24.0 Å². The van der Waals surface area contributed by atoms with E-state index in [2.05, 4.69) is 27.2 Å². The number of carbonyl (C=O) groups is 5. The molecule has 2 fully saturated rings. The Labute approximate surface area is 346 Å². The number of oxime groups is 1. The second kappa shape index (κ2) is 18.5. The van der Waals surface area contributed by atoms with E-state index in [0.29, 0.717) is 36.4 Å². The number of halogens is 1. The van der Waals surface area contributed by atoms with Crippen molar-refractivity contribution in [1.82, 2.24) is 20.9 Å². The molecule has 1 spiro atoms. The van der Waals surface area contributed by atoms with Crippen molar-refractivity contribution in [2.24, 2.45) is 16.5 Å². The molecule has 2 aromatic rings. The van der Waals surface area contributed by atoms with Gasteiger partial charge in [-0.05, 0) is 84.4 Å². The van der Waals surface area contributed by atoms with Gasteiger partial charge in [-0.25, -0.2) is 0 Å². The molecule has 4 atom stereocenters. The first-order valence-corrected chi connectivity index (χ1v) is 21.2. The van der Waals surface area contributed by atoms with Crippen LogP contribution in [-0.2, 0) is 35.2 Å². The molecule has 4 aliphatic rings. The number of nitrogens with one attached hydrogen (secondary N) is 3. The number of allylic oxidation sites excluding steroid dienone is 1. The summed E-state index contributed by atoms with van der Waals surface area (Å²) in [5, 5.41) is 13.6. The van der Waals surface area contributed by atoms with Crippen molar-refractivity contribution < 1.29 is 33.5 Å². The Morgan fingerprint density at radius 2 is 1.83 bits per heavy atom. The third kappa shape index (κ3) is 10.1. The Bertz CT molecular complexity index is 1950. The largest absolute Gasteiger partial charge is 0.497 e. The molecule has 3 N–H and O–H groups in total. The van der Waals surface area contributed by atoms with E-state index < -0.39 is 52.6 Å². The number of nitrogens with zero attached hydrogens (tertiary/aromatic N) is 2. The first-order chi connectivity index (χ1) is 27.7. The summed E-state index contributed by atoms with van der Waals surface area (Å²) in [5.74, 6) is -1.70. The summed E-state index contributed by atoms with van der Waals surface area (Å²) in [6.45, 7) is 7.79. The summed E-state index contributed by atoms with van der Waals surface area (Å²) in [7, 11) is 1.62. The van der Waals surface area contributed by atoms with Crippen LogP contribution in [0.25, 0.3) is 5.57 Å². The van der Waals surface area contributed by atoms with E-state index in [1.807, 2.05) is 58.0 Å². The Hall–Kier alpha value is -4.71. The van der Waals surface area contributed by atoms with Gasteiger partial charge in [0.25, 0.3) is 5.91 Å². The van der Waals surface area contributed by atoms with Gasteiger partial charge in [-0.15, -0.1) is 0 Å². The number of methoxy groups -OCH3 is 1. The van der Waals surface area contributed by atoms with E-state index in [1.54, 1.807) is 19.2 Å². The van der Waals surface area contributed by atoms with Gasteiger partial charge in [0.2, 0.25) is 23.5 Å². The number of ether oxygens (including phenoxy) is 1. The summed E-state index contributed by atoms with van der Waals surface area (Å²) >= 11 is 6.29. The van der Waals surface area contributed by atoms with Crippen LogP contribution in [0.1, 0.15) is 115 Å². The lowest BCUT2D eigenvalue weighted by molar-refractivity contribution is -0.145. The van der Waals surface area contributed by atoms with E-state index in [0.717, 1.165) is 54.6 Å². The number of amides is 4. The molecule has 1 saturated heterocycles. The second-order valence-electron chi connectivity index (χ2n) is 17.4. The lowest BCUT2D eigenvalue weighted by atomic mass is 9.84. The molecule has 1 saturated carbocycles. The maximum absolute atomic E-state index is 14.7. The van der Waals surface area contributed by atoms with Gasteiger partial charge in [-0.2, -0.15) is 0 Å². The van der Waals surface area contributed by atoms with Crippen molar-refractivity contribution in [3.63, 3.8) is 0 Å². The first kappa shape index (κ1) is 42.9. The smallest absolute Gasteiger partial charge is 0.289 e. The molecule has 12 nitrogen and oxygen atoms in total. The normalized spacial score (nSPS) is 21.3. The standard InChI is InChI=1S/C45H58ClN5O7/c1-6-11-35(39(53)42(55)47-21-20-30-17-16-29-18-19-33(57-5)24-34(29)30)48-41(54)37-26-45(25-36(50-58-45)31-14-10-15-32(46)23-31)27-51(37)43(56)40(44(2,3)4)49-38(52)22-28-12-8-7-9-13-28/h10,14-15,17-19,23-24,28,35,37,40H,6-9,11-13,16,20-22,25-27H2,1-5H3,(H,47,55)(H,48,54)(H,49,52)/t35-,37-,40+,45+/m0/s1. The molecule has 312 valence electrons. The van der Waals surface area contributed by atoms with Crippen LogP contribution < -0.4 is 20.7 Å². The van der Waals surface area contributed by atoms with Crippen LogP contribution in [-0.4, -0.2) is 83.9 Å². The molecule has 6 rings (SSSR count). The van der Waals surface area contributed by atoms with Gasteiger partial charge in [0.15, 0.2) is 5.60 Å². The Balaban J connectivity index is 1.17. The van der Waals surface area contributed by atoms with E-state index in [-0.39, 0.29) is 37.8 Å². The van der Waals surface area contributed by atoms with Crippen LogP contribution >= 0.6 is 11.6 Å². The Kier molecular flexibility index (Phi) is 13.7. The van der Waals surface area contributed by atoms with Crippen LogP contribution in [0.15, 0.2) is 53.7 Å². The summed E-state index contributed by atoms with van der Waals surface area (Å²) in [6.07, 6.45) is 10.3. The van der Waals surface area contributed by atoms with Crippen molar-refractivity contribution in [2.45, 2.75) is 128 Å². The number of hydrogen-bond acceptors (Lipinski definition) is 8.